The second-order valence-electron chi connectivity index (χ2n) is 4.62. The van der Waals surface area contributed by atoms with Crippen LogP contribution in [0.4, 0.5) is 5.82 Å². The molecule has 0 aliphatic rings. The number of benzene rings is 1. The van der Waals surface area contributed by atoms with E-state index in [4.69, 9.17) is 16.3 Å². The van der Waals surface area contributed by atoms with Crippen LogP contribution in [-0.4, -0.2) is 28.7 Å². The fourth-order valence-corrected chi connectivity index (χ4v) is 2.49. The number of anilines is 1. The number of H-pyrrole nitrogens is 1. The van der Waals surface area contributed by atoms with Gasteiger partial charge in [0.25, 0.3) is 0 Å². The van der Waals surface area contributed by atoms with Crippen LogP contribution in [0, 0.1) is 0 Å². The molecule has 2 N–H and O–H groups in total. The third-order valence-electron chi connectivity index (χ3n) is 2.96. The number of esters is 1. The second-order valence-corrected chi connectivity index (χ2v) is 5.85. The van der Waals surface area contributed by atoms with Crippen molar-refractivity contribution in [3.05, 3.63) is 33.8 Å². The van der Waals surface area contributed by atoms with E-state index in [0.29, 0.717) is 21.9 Å². The number of rotatable bonds is 6. The Bertz CT molecular complexity index is 700. The van der Waals surface area contributed by atoms with Gasteiger partial charge in [-0.05, 0) is 35.0 Å². The third-order valence-corrected chi connectivity index (χ3v) is 3.98. The number of hydrogen-bond donors (Lipinski definition) is 2. The van der Waals surface area contributed by atoms with E-state index in [2.05, 4.69) is 31.4 Å². The Labute approximate surface area is 146 Å². The molecule has 1 aromatic carbocycles. The average molecular weight is 401 g/mol. The van der Waals surface area contributed by atoms with Crippen LogP contribution < -0.4 is 5.32 Å². The summed E-state index contributed by atoms with van der Waals surface area (Å²) in [5.74, 6) is -0.345. The van der Waals surface area contributed by atoms with E-state index in [0.717, 1.165) is 11.3 Å². The number of carbonyl (C=O) groups excluding carboxylic acids is 2. The molecule has 2 rings (SSSR count). The van der Waals surface area contributed by atoms with E-state index in [9.17, 15) is 9.59 Å². The predicted molar refractivity (Wildman–Crippen MR) is 91.2 cm³/mol. The van der Waals surface area contributed by atoms with Crippen molar-refractivity contribution in [3.8, 4) is 11.3 Å². The monoisotopic (exact) mass is 399 g/mol. The van der Waals surface area contributed by atoms with E-state index in [1.165, 1.54) is 0 Å². The molecule has 23 heavy (non-hydrogen) atoms. The maximum Gasteiger partial charge on any atom is 0.306 e. The Morgan fingerprint density at radius 1 is 1.30 bits per heavy atom. The van der Waals surface area contributed by atoms with Crippen LogP contribution in [-0.2, 0) is 14.3 Å². The summed E-state index contributed by atoms with van der Waals surface area (Å²) in [7, 11) is 0. The zero-order valence-electron chi connectivity index (χ0n) is 12.4. The summed E-state index contributed by atoms with van der Waals surface area (Å²) in [6, 6.07) is 7.21. The van der Waals surface area contributed by atoms with Gasteiger partial charge in [-0.3, -0.25) is 14.7 Å². The Hall–Kier alpha value is -1.86. The van der Waals surface area contributed by atoms with Crippen molar-refractivity contribution in [1.82, 2.24) is 10.2 Å². The molecule has 6 nitrogen and oxygen atoms in total. The van der Waals surface area contributed by atoms with Crippen LogP contribution in [0.2, 0.25) is 5.02 Å². The minimum absolute atomic E-state index is 0.0335. The van der Waals surface area contributed by atoms with E-state index < -0.39 is 5.97 Å². The zero-order valence-corrected chi connectivity index (χ0v) is 14.7. The predicted octanol–water partition coefficient (Wildman–Crippen LogP) is 3.77. The number of ether oxygens (including phenoxy) is 1. The molecule has 0 aliphatic heterocycles. The molecule has 0 atom stereocenters. The highest BCUT2D eigenvalue weighted by Gasteiger charge is 2.15. The summed E-state index contributed by atoms with van der Waals surface area (Å²) in [6.07, 6.45) is 0.0696. The summed E-state index contributed by atoms with van der Waals surface area (Å²) in [5.41, 5.74) is 1.60. The molecule has 1 heterocycles. The van der Waals surface area contributed by atoms with Gasteiger partial charge in [-0.1, -0.05) is 23.7 Å². The van der Waals surface area contributed by atoms with Gasteiger partial charge in [0, 0.05) is 17.0 Å². The van der Waals surface area contributed by atoms with E-state index in [1.54, 1.807) is 19.1 Å². The number of aromatic amines is 1. The number of halogens is 2. The molecule has 2 aromatic rings. The van der Waals surface area contributed by atoms with Crippen molar-refractivity contribution in [2.24, 2.45) is 0 Å². The van der Waals surface area contributed by atoms with Crippen LogP contribution >= 0.6 is 27.5 Å². The first-order valence-electron chi connectivity index (χ1n) is 6.96. The Morgan fingerprint density at radius 2 is 2.00 bits per heavy atom. The number of carbonyl (C=O) groups is 2. The molecule has 1 amide bonds. The van der Waals surface area contributed by atoms with Gasteiger partial charge in [0.15, 0.2) is 5.82 Å². The SMILES string of the molecule is CCOC(=O)CCC(=O)Nc1n[nH]c(-c2ccc(Cl)cc2)c1Br. The molecule has 8 heteroatoms. The molecule has 0 unspecified atom stereocenters. The lowest BCUT2D eigenvalue weighted by Crippen LogP contribution is -2.15. The Balaban J connectivity index is 2.00. The Morgan fingerprint density at radius 3 is 2.65 bits per heavy atom. The number of nitrogens with one attached hydrogen (secondary N) is 2. The molecule has 1 aromatic heterocycles. The van der Waals surface area contributed by atoms with Crippen LogP contribution in [0.5, 0.6) is 0 Å². The van der Waals surface area contributed by atoms with Gasteiger partial charge in [-0.2, -0.15) is 5.10 Å². The van der Waals surface area contributed by atoms with Gasteiger partial charge < -0.3 is 10.1 Å². The summed E-state index contributed by atoms with van der Waals surface area (Å²) < 4.78 is 5.41. The highest BCUT2D eigenvalue weighted by Crippen LogP contribution is 2.32. The van der Waals surface area contributed by atoms with Gasteiger partial charge in [-0.15, -0.1) is 0 Å². The van der Waals surface area contributed by atoms with Crippen LogP contribution in [0.3, 0.4) is 0 Å². The maximum absolute atomic E-state index is 11.9. The molecule has 0 fully saturated rings. The lowest BCUT2D eigenvalue weighted by molar-refractivity contribution is -0.144. The van der Waals surface area contributed by atoms with Gasteiger partial charge in [-0.25, -0.2) is 0 Å². The molecule has 122 valence electrons. The zero-order chi connectivity index (χ0) is 16.8. The number of amides is 1. The number of hydrogen-bond acceptors (Lipinski definition) is 4. The van der Waals surface area contributed by atoms with Gasteiger partial charge in [0.2, 0.25) is 5.91 Å². The number of aromatic nitrogens is 2. The van der Waals surface area contributed by atoms with E-state index in [-0.39, 0.29) is 18.7 Å². The van der Waals surface area contributed by atoms with E-state index >= 15 is 0 Å². The molecular formula is C15H15BrClN3O3. The summed E-state index contributed by atoms with van der Waals surface area (Å²) in [4.78, 5) is 23.1. The topological polar surface area (TPSA) is 84.1 Å². The van der Waals surface area contributed by atoms with Crippen LogP contribution in [0.1, 0.15) is 19.8 Å². The number of nitrogens with zero attached hydrogens (tertiary/aromatic N) is 1. The van der Waals surface area contributed by atoms with Crippen molar-refractivity contribution in [2.75, 3.05) is 11.9 Å². The van der Waals surface area contributed by atoms with Crippen LogP contribution in [0.15, 0.2) is 28.7 Å². The van der Waals surface area contributed by atoms with Crippen molar-refractivity contribution in [2.45, 2.75) is 19.8 Å². The highest BCUT2D eigenvalue weighted by atomic mass is 79.9. The first-order valence-corrected chi connectivity index (χ1v) is 8.13. The minimum Gasteiger partial charge on any atom is -0.466 e. The van der Waals surface area contributed by atoms with Crippen LogP contribution in [0.25, 0.3) is 11.3 Å². The average Bonchev–Trinajstić information content (AvgIpc) is 2.88. The molecule has 0 spiro atoms. The van der Waals surface area contributed by atoms with E-state index in [1.807, 2.05) is 12.1 Å². The first kappa shape index (κ1) is 17.5. The normalized spacial score (nSPS) is 10.4. The third kappa shape index (κ3) is 4.80. The molecule has 0 saturated heterocycles. The lowest BCUT2D eigenvalue weighted by Gasteiger charge is -2.03. The molecule has 0 bridgehead atoms. The fraction of sp³-hybridized carbons (Fsp3) is 0.267. The second kappa shape index (κ2) is 8.12. The van der Waals surface area contributed by atoms with Crippen molar-refractivity contribution in [1.29, 1.82) is 0 Å². The van der Waals surface area contributed by atoms with Gasteiger partial charge in [0.1, 0.15) is 0 Å². The van der Waals surface area contributed by atoms with Gasteiger partial charge >= 0.3 is 5.97 Å². The minimum atomic E-state index is -0.398. The standard InChI is InChI=1S/C15H15BrClN3O3/c1-2-23-12(22)8-7-11(21)18-15-13(16)14(19-20-15)9-3-5-10(17)6-4-9/h3-6H,2,7-8H2,1H3,(H2,18,19,20,21). The lowest BCUT2D eigenvalue weighted by atomic mass is 10.1. The van der Waals surface area contributed by atoms with Gasteiger partial charge in [0.05, 0.1) is 23.2 Å². The fourth-order valence-electron chi connectivity index (χ4n) is 1.86. The summed E-state index contributed by atoms with van der Waals surface area (Å²) >= 11 is 9.27. The largest absolute Gasteiger partial charge is 0.466 e. The quantitative estimate of drug-likeness (QED) is 0.723. The molecule has 0 aliphatic carbocycles. The molecular weight excluding hydrogens is 386 g/mol. The summed E-state index contributed by atoms with van der Waals surface area (Å²) in [5, 5.41) is 10.2. The highest BCUT2D eigenvalue weighted by molar-refractivity contribution is 9.10. The van der Waals surface area contributed by atoms with Crippen molar-refractivity contribution < 1.29 is 14.3 Å². The maximum atomic E-state index is 11.9. The Kier molecular flexibility index (Phi) is 6.18. The van der Waals surface area contributed by atoms with Crippen molar-refractivity contribution in [3.63, 3.8) is 0 Å². The molecule has 0 saturated carbocycles. The molecule has 0 radical (unpaired) electrons. The smallest absolute Gasteiger partial charge is 0.306 e. The van der Waals surface area contributed by atoms with Crippen molar-refractivity contribution >= 4 is 45.2 Å². The first-order chi connectivity index (χ1) is 11.0. The summed E-state index contributed by atoms with van der Waals surface area (Å²) in [6.45, 7) is 2.02.